The van der Waals surface area contributed by atoms with E-state index in [4.69, 9.17) is 15.2 Å². The van der Waals surface area contributed by atoms with Crippen molar-refractivity contribution in [1.82, 2.24) is 5.32 Å². The van der Waals surface area contributed by atoms with Crippen LogP contribution in [0.1, 0.15) is 86.0 Å². The molecule has 1 heterocycles. The zero-order valence-electron chi connectivity index (χ0n) is 25.9. The summed E-state index contributed by atoms with van der Waals surface area (Å²) in [4.78, 5) is 35.9. The van der Waals surface area contributed by atoms with Crippen LogP contribution >= 0.6 is 0 Å². The zero-order chi connectivity index (χ0) is 31.3. The summed E-state index contributed by atoms with van der Waals surface area (Å²) >= 11 is 0. The van der Waals surface area contributed by atoms with Crippen LogP contribution in [0.25, 0.3) is 0 Å². The molecule has 0 aromatic rings. The number of amides is 2. The highest BCUT2D eigenvalue weighted by molar-refractivity contribution is 5.88. The molecule has 232 valence electrons. The molecule has 0 saturated heterocycles. The first kappa shape index (κ1) is 36.4. The summed E-state index contributed by atoms with van der Waals surface area (Å²) < 4.78 is 11.1. The second-order valence-corrected chi connectivity index (χ2v) is 10.8. The summed E-state index contributed by atoms with van der Waals surface area (Å²) in [6.45, 7) is 9.73. The van der Waals surface area contributed by atoms with E-state index in [2.05, 4.69) is 18.3 Å². The maximum Gasteiger partial charge on any atom is 0.404 e. The number of carbonyl (C=O) groups excluding carboxylic acids is 3. The summed E-state index contributed by atoms with van der Waals surface area (Å²) in [6, 6.07) is 0. The van der Waals surface area contributed by atoms with Gasteiger partial charge in [-0.1, -0.05) is 66.2 Å². The maximum absolute atomic E-state index is 12.7. The van der Waals surface area contributed by atoms with Crippen LogP contribution < -0.4 is 11.1 Å². The maximum atomic E-state index is 12.7. The Hall–Kier alpha value is -3.65. The van der Waals surface area contributed by atoms with E-state index in [9.17, 15) is 19.5 Å². The molecular weight excluding hydrogens is 532 g/mol. The van der Waals surface area contributed by atoms with E-state index in [0.29, 0.717) is 19.3 Å². The van der Waals surface area contributed by atoms with E-state index >= 15 is 0 Å². The van der Waals surface area contributed by atoms with Gasteiger partial charge in [0.1, 0.15) is 18.3 Å². The molecule has 8 heteroatoms. The van der Waals surface area contributed by atoms with Crippen LogP contribution in [0.2, 0.25) is 0 Å². The summed E-state index contributed by atoms with van der Waals surface area (Å²) in [6.07, 6.45) is 22.3. The van der Waals surface area contributed by atoms with E-state index in [1.807, 2.05) is 64.2 Å². The first-order valence-corrected chi connectivity index (χ1v) is 14.8. The van der Waals surface area contributed by atoms with Crippen molar-refractivity contribution in [3.63, 3.8) is 0 Å². The van der Waals surface area contributed by atoms with Crippen molar-refractivity contribution in [2.75, 3.05) is 0 Å². The van der Waals surface area contributed by atoms with Gasteiger partial charge in [0.25, 0.3) is 0 Å². The molecule has 0 aromatic heterocycles. The molecule has 0 spiro atoms. The number of esters is 1. The third-order valence-electron chi connectivity index (χ3n) is 6.57. The van der Waals surface area contributed by atoms with E-state index in [-0.39, 0.29) is 23.9 Å². The van der Waals surface area contributed by atoms with E-state index in [1.54, 1.807) is 12.3 Å². The smallest absolute Gasteiger partial charge is 0.404 e. The molecule has 0 bridgehead atoms. The first-order valence-electron chi connectivity index (χ1n) is 14.8. The molecule has 8 nitrogen and oxygen atoms in total. The lowest BCUT2D eigenvalue weighted by Crippen LogP contribution is -2.32. The van der Waals surface area contributed by atoms with Gasteiger partial charge in [0.05, 0.1) is 0 Å². The Kier molecular flexibility index (Phi) is 18.3. The molecule has 2 amide bonds. The second-order valence-electron chi connectivity index (χ2n) is 10.8. The third-order valence-corrected chi connectivity index (χ3v) is 6.57. The van der Waals surface area contributed by atoms with Gasteiger partial charge < -0.3 is 25.6 Å². The lowest BCUT2D eigenvalue weighted by Gasteiger charge is -2.24. The van der Waals surface area contributed by atoms with Crippen molar-refractivity contribution in [3.8, 4) is 0 Å². The summed E-state index contributed by atoms with van der Waals surface area (Å²) in [5.41, 5.74) is 8.11. The topological polar surface area (TPSA) is 128 Å². The number of hydrogen-bond acceptors (Lipinski definition) is 6. The van der Waals surface area contributed by atoms with Gasteiger partial charge in [0, 0.05) is 30.7 Å². The Balaban J connectivity index is 3.12. The molecule has 4 atom stereocenters. The Morgan fingerprint density at radius 3 is 2.55 bits per heavy atom. The molecule has 0 fully saturated rings. The van der Waals surface area contributed by atoms with Gasteiger partial charge in [-0.2, -0.15) is 0 Å². The predicted molar refractivity (Wildman–Crippen MR) is 168 cm³/mol. The minimum Gasteiger partial charge on any atom is -0.458 e. The van der Waals surface area contributed by atoms with Crippen LogP contribution in [0, 0.1) is 5.92 Å². The number of rotatable bonds is 7. The number of nitrogens with two attached hydrogens (primary N) is 1. The largest absolute Gasteiger partial charge is 0.458 e. The van der Waals surface area contributed by atoms with Crippen molar-refractivity contribution in [2.45, 2.75) is 104 Å². The van der Waals surface area contributed by atoms with Crippen LogP contribution in [0.4, 0.5) is 4.79 Å². The fourth-order valence-corrected chi connectivity index (χ4v) is 4.40. The number of aliphatic hydroxyl groups excluding tert-OH is 1. The second kappa shape index (κ2) is 21.1. The quantitative estimate of drug-likeness (QED) is 0.133. The van der Waals surface area contributed by atoms with Gasteiger partial charge in [-0.15, -0.1) is 0 Å². The molecule has 0 saturated carbocycles. The molecule has 4 N–H and O–H groups in total. The Labute approximate surface area is 251 Å². The predicted octanol–water partition coefficient (Wildman–Crippen LogP) is 6.65. The molecule has 1 rings (SSSR count). The molecule has 0 unspecified atom stereocenters. The monoisotopic (exact) mass is 582 g/mol. The molecule has 1 aliphatic rings. The van der Waals surface area contributed by atoms with Crippen molar-refractivity contribution < 1.29 is 29.0 Å². The Morgan fingerprint density at radius 2 is 1.88 bits per heavy atom. The SMILES string of the molecule is CC[C@H](/C=C(C)/C=C/NC(=O)C=C(C)C)[C@H]1C/C(C)=C/C=C/CC[C@H](OC(N)=O)[C@@H](O)/C=C/CCCC/C=C/C(=O)O1. The molecule has 42 heavy (non-hydrogen) atoms. The number of primary amides is 1. The molecule has 0 radical (unpaired) electrons. The molecular formula is C34H50N2O6. The van der Waals surface area contributed by atoms with Crippen molar-refractivity contribution in [1.29, 1.82) is 0 Å². The highest BCUT2D eigenvalue weighted by Gasteiger charge is 2.22. The van der Waals surface area contributed by atoms with Gasteiger partial charge in [0.2, 0.25) is 5.91 Å². The summed E-state index contributed by atoms with van der Waals surface area (Å²) in [5.74, 6) is -0.583. The first-order chi connectivity index (χ1) is 20.0. The van der Waals surface area contributed by atoms with E-state index in [1.165, 1.54) is 12.2 Å². The third kappa shape index (κ3) is 17.2. The summed E-state index contributed by atoms with van der Waals surface area (Å²) in [5, 5.41) is 13.2. The van der Waals surface area contributed by atoms with Crippen LogP contribution in [-0.2, 0) is 19.1 Å². The van der Waals surface area contributed by atoms with Crippen LogP contribution in [0.15, 0.2) is 83.7 Å². The fraction of sp³-hybridized carbons (Fsp3) is 0.500. The minimum atomic E-state index is -0.935. The van der Waals surface area contributed by atoms with Gasteiger partial charge in [-0.25, -0.2) is 9.59 Å². The van der Waals surface area contributed by atoms with Gasteiger partial charge >= 0.3 is 12.1 Å². The van der Waals surface area contributed by atoms with Crippen LogP contribution in [-0.4, -0.2) is 41.4 Å². The zero-order valence-corrected chi connectivity index (χ0v) is 25.9. The van der Waals surface area contributed by atoms with Crippen molar-refractivity contribution >= 4 is 18.0 Å². The number of nitrogens with one attached hydrogen (secondary N) is 1. The van der Waals surface area contributed by atoms with Crippen LogP contribution in [0.5, 0.6) is 0 Å². The number of ether oxygens (including phenoxy) is 2. The average Bonchev–Trinajstić information content (AvgIpc) is 2.90. The highest BCUT2D eigenvalue weighted by atomic mass is 16.6. The van der Waals surface area contributed by atoms with E-state index in [0.717, 1.165) is 48.8 Å². The van der Waals surface area contributed by atoms with Gasteiger partial charge in [-0.3, -0.25) is 4.79 Å². The van der Waals surface area contributed by atoms with Crippen LogP contribution in [0.3, 0.4) is 0 Å². The number of cyclic esters (lactones) is 1. The summed E-state index contributed by atoms with van der Waals surface area (Å²) in [7, 11) is 0. The highest BCUT2D eigenvalue weighted by Crippen LogP contribution is 2.23. The van der Waals surface area contributed by atoms with E-state index < -0.39 is 18.3 Å². The minimum absolute atomic E-state index is 0.0364. The number of allylic oxidation sites excluding steroid dienone is 8. The fourth-order valence-electron chi connectivity index (χ4n) is 4.40. The molecule has 1 aliphatic heterocycles. The van der Waals surface area contributed by atoms with Gasteiger partial charge in [0.15, 0.2) is 0 Å². The number of aliphatic hydroxyl groups is 1. The molecule has 0 aromatic carbocycles. The molecule has 0 aliphatic carbocycles. The Bertz CT molecular complexity index is 1080. The number of hydrogen-bond donors (Lipinski definition) is 3. The van der Waals surface area contributed by atoms with Crippen molar-refractivity contribution in [2.24, 2.45) is 11.7 Å². The lowest BCUT2D eigenvalue weighted by atomic mass is 9.92. The normalized spacial score (nSPS) is 26.0. The lowest BCUT2D eigenvalue weighted by molar-refractivity contribution is -0.144. The average molecular weight is 583 g/mol. The van der Waals surface area contributed by atoms with Crippen molar-refractivity contribution in [3.05, 3.63) is 83.7 Å². The number of carbonyl (C=O) groups is 3. The van der Waals surface area contributed by atoms with Gasteiger partial charge in [-0.05, 0) is 78.7 Å². The Morgan fingerprint density at radius 1 is 1.17 bits per heavy atom. The standard InChI is InChI=1S/C34H50N2O6/c1-6-28(23-27(5)20-21-36-32(38)22-25(2)3)31-24-26(4)16-12-11-14-18-30(42-34(35)40)29(37)17-13-9-7-8-10-15-19-33(39)41-31/h11-13,15-17,19-23,28-31,37H,6-10,14,18,24H2,1-5H3,(H2,35,40)(H,36,38)/b12-11+,17-13+,19-15+,21-20+,26-16+,27-23+/t28-,29+,30+,31-/m1/s1.